The zero-order valence-corrected chi connectivity index (χ0v) is 17.7. The first-order valence-corrected chi connectivity index (χ1v) is 11.7. The molecule has 30 heavy (non-hydrogen) atoms. The molecular weight excluding hydrogens is 414 g/mol. The number of sulfone groups is 1. The van der Waals surface area contributed by atoms with Gasteiger partial charge in [-0.3, -0.25) is 10.0 Å². The molecule has 3 rings (SSSR count). The van der Waals surface area contributed by atoms with Crippen LogP contribution in [0.5, 0.6) is 5.75 Å². The number of hydrogen-bond donors (Lipinski definition) is 2. The number of carbonyl (C=O) groups excluding carboxylic acids is 1. The first kappa shape index (κ1) is 23.0. The lowest BCUT2D eigenvalue weighted by atomic mass is 9.98. The molecule has 2 heterocycles. The second kappa shape index (κ2) is 10.5. The van der Waals surface area contributed by atoms with Crippen LogP contribution in [0.3, 0.4) is 0 Å². The molecule has 0 radical (unpaired) electrons. The molecule has 2 aliphatic heterocycles. The Hall–Kier alpha value is -1.72. The summed E-state index contributed by atoms with van der Waals surface area (Å²) < 4.78 is 46.6. The summed E-state index contributed by atoms with van der Waals surface area (Å²) in [6, 6.07) is 5.90. The molecule has 0 bridgehead atoms. The monoisotopic (exact) mass is 443 g/mol. The molecule has 0 aromatic heterocycles. The fourth-order valence-electron chi connectivity index (χ4n) is 3.73. The number of nitrogens with one attached hydrogen (secondary N) is 1. The van der Waals surface area contributed by atoms with Gasteiger partial charge in [-0.2, -0.15) is 0 Å². The summed E-state index contributed by atoms with van der Waals surface area (Å²) in [7, 11) is -4.04. The van der Waals surface area contributed by atoms with Gasteiger partial charge in [0.1, 0.15) is 12.4 Å². The van der Waals surface area contributed by atoms with Crippen LogP contribution in [0.2, 0.25) is 0 Å². The van der Waals surface area contributed by atoms with Crippen molar-refractivity contribution in [3.8, 4) is 5.75 Å². The van der Waals surface area contributed by atoms with E-state index in [-0.39, 0.29) is 37.1 Å². The topological polar surface area (TPSA) is 120 Å². The Morgan fingerprint density at radius 2 is 1.87 bits per heavy atom. The Bertz CT molecular complexity index is 784. The number of rotatable bonds is 9. The van der Waals surface area contributed by atoms with Gasteiger partial charge in [-0.05, 0) is 56.4 Å². The minimum atomic E-state index is -4.04. The zero-order valence-electron chi connectivity index (χ0n) is 16.9. The van der Waals surface area contributed by atoms with Gasteiger partial charge in [0, 0.05) is 19.8 Å². The molecule has 9 nitrogen and oxygen atoms in total. The van der Waals surface area contributed by atoms with Gasteiger partial charge in [0.05, 0.1) is 24.2 Å². The Labute approximate surface area is 176 Å². The summed E-state index contributed by atoms with van der Waals surface area (Å²) in [6.07, 6.45) is 3.37. The number of carbonyl (C=O) groups is 1. The molecule has 0 spiro atoms. The van der Waals surface area contributed by atoms with Crippen LogP contribution < -0.4 is 10.2 Å². The van der Waals surface area contributed by atoms with Crippen molar-refractivity contribution in [3.63, 3.8) is 0 Å². The average Bonchev–Trinajstić information content (AvgIpc) is 2.79. The molecule has 1 unspecified atom stereocenters. The maximum absolute atomic E-state index is 13.2. The zero-order chi connectivity index (χ0) is 21.5. The molecule has 0 saturated carbocycles. The highest BCUT2D eigenvalue weighted by Gasteiger charge is 2.52. The van der Waals surface area contributed by atoms with E-state index in [2.05, 4.69) is 0 Å². The summed E-state index contributed by atoms with van der Waals surface area (Å²) in [5.41, 5.74) is 1.51. The van der Waals surface area contributed by atoms with Crippen LogP contribution in [-0.2, 0) is 28.8 Å². The quantitative estimate of drug-likeness (QED) is 0.335. The normalized spacial score (nSPS) is 21.7. The predicted octanol–water partition coefficient (Wildman–Crippen LogP) is 1.48. The third-order valence-electron chi connectivity index (χ3n) is 5.54. The summed E-state index contributed by atoms with van der Waals surface area (Å²) in [5.74, 6) is -0.440. The largest absolute Gasteiger partial charge is 0.491 e. The van der Waals surface area contributed by atoms with Crippen molar-refractivity contribution in [2.24, 2.45) is 0 Å². The second-order valence-corrected chi connectivity index (χ2v) is 9.69. The number of ether oxygens (including phenoxy) is 4. The van der Waals surface area contributed by atoms with Gasteiger partial charge in [0.2, 0.25) is 0 Å². The molecule has 2 N–H and O–H groups in total. The standard InChI is InChI=1S/C20H29NO8S/c22-19(21-23)20(8-11-26-12-9-20)30(24,25)18-6-4-16(5-7-18)29-14-13-27-15-17-3-1-2-10-28-17/h4-7,17,23H,1-3,8-15H2,(H,21,22). The Kier molecular flexibility index (Phi) is 8.06. The molecule has 2 fully saturated rings. The van der Waals surface area contributed by atoms with Gasteiger partial charge >= 0.3 is 0 Å². The highest BCUT2D eigenvalue weighted by molar-refractivity contribution is 7.93. The van der Waals surface area contributed by atoms with Crippen molar-refractivity contribution in [2.45, 2.75) is 47.9 Å². The molecule has 1 aromatic rings. The van der Waals surface area contributed by atoms with Crippen molar-refractivity contribution in [1.29, 1.82) is 0 Å². The van der Waals surface area contributed by atoms with E-state index in [0.717, 1.165) is 25.9 Å². The minimum Gasteiger partial charge on any atom is -0.491 e. The lowest BCUT2D eigenvalue weighted by Gasteiger charge is -2.34. The Balaban J connectivity index is 1.55. The molecular formula is C20H29NO8S. The van der Waals surface area contributed by atoms with Crippen LogP contribution in [0.25, 0.3) is 0 Å². The van der Waals surface area contributed by atoms with E-state index in [1.54, 1.807) is 12.1 Å². The molecule has 2 saturated heterocycles. The van der Waals surface area contributed by atoms with E-state index < -0.39 is 20.5 Å². The third-order valence-corrected chi connectivity index (χ3v) is 8.05. The van der Waals surface area contributed by atoms with Crippen LogP contribution in [0.1, 0.15) is 32.1 Å². The van der Waals surface area contributed by atoms with E-state index in [0.29, 0.717) is 25.6 Å². The average molecular weight is 444 g/mol. The Morgan fingerprint density at radius 3 is 2.50 bits per heavy atom. The van der Waals surface area contributed by atoms with E-state index in [1.165, 1.54) is 17.6 Å². The van der Waals surface area contributed by atoms with Gasteiger partial charge in [0.15, 0.2) is 14.6 Å². The van der Waals surface area contributed by atoms with Gasteiger partial charge in [-0.15, -0.1) is 0 Å². The molecule has 1 atom stereocenters. The number of hydrogen-bond acceptors (Lipinski definition) is 8. The van der Waals surface area contributed by atoms with Gasteiger partial charge < -0.3 is 18.9 Å². The maximum atomic E-state index is 13.2. The summed E-state index contributed by atoms with van der Waals surface area (Å²) in [5, 5.41) is 9.09. The predicted molar refractivity (Wildman–Crippen MR) is 106 cm³/mol. The van der Waals surface area contributed by atoms with Crippen molar-refractivity contribution in [2.75, 3.05) is 39.6 Å². The van der Waals surface area contributed by atoms with Crippen LogP contribution in [0.15, 0.2) is 29.2 Å². The molecule has 1 amide bonds. The SMILES string of the molecule is O=C(NO)C1(S(=O)(=O)c2ccc(OCCOCC3CCCCO3)cc2)CCOCC1. The summed E-state index contributed by atoms with van der Waals surface area (Å²) in [6.45, 7) is 2.31. The van der Waals surface area contributed by atoms with Crippen molar-refractivity contribution in [1.82, 2.24) is 5.48 Å². The summed E-state index contributed by atoms with van der Waals surface area (Å²) in [4.78, 5) is 12.2. The number of amides is 1. The summed E-state index contributed by atoms with van der Waals surface area (Å²) >= 11 is 0. The number of benzene rings is 1. The first-order chi connectivity index (χ1) is 14.5. The number of hydroxylamine groups is 1. The molecule has 1 aromatic carbocycles. The smallest absolute Gasteiger partial charge is 0.265 e. The minimum absolute atomic E-state index is 0.00829. The fourth-order valence-corrected chi connectivity index (χ4v) is 5.67. The first-order valence-electron chi connectivity index (χ1n) is 10.2. The molecule has 168 valence electrons. The van der Waals surface area contributed by atoms with Crippen molar-refractivity contribution < 1.29 is 37.4 Å². The van der Waals surface area contributed by atoms with Crippen LogP contribution in [0.4, 0.5) is 0 Å². The molecule has 0 aliphatic carbocycles. The van der Waals surface area contributed by atoms with Crippen molar-refractivity contribution >= 4 is 15.7 Å². The van der Waals surface area contributed by atoms with E-state index in [4.69, 9.17) is 24.2 Å². The lowest BCUT2D eigenvalue weighted by Crippen LogP contribution is -2.54. The second-order valence-electron chi connectivity index (χ2n) is 7.43. The molecule has 2 aliphatic rings. The maximum Gasteiger partial charge on any atom is 0.265 e. The Morgan fingerprint density at radius 1 is 1.13 bits per heavy atom. The van der Waals surface area contributed by atoms with Gasteiger partial charge in [-0.25, -0.2) is 13.9 Å². The highest BCUT2D eigenvalue weighted by atomic mass is 32.2. The third kappa shape index (κ3) is 5.12. The van der Waals surface area contributed by atoms with E-state index in [1.807, 2.05) is 0 Å². The lowest BCUT2D eigenvalue weighted by molar-refractivity contribution is -0.134. The van der Waals surface area contributed by atoms with E-state index in [9.17, 15) is 13.2 Å². The van der Waals surface area contributed by atoms with Crippen LogP contribution in [0, 0.1) is 0 Å². The highest BCUT2D eigenvalue weighted by Crippen LogP contribution is 2.35. The van der Waals surface area contributed by atoms with Gasteiger partial charge in [0.25, 0.3) is 5.91 Å². The van der Waals surface area contributed by atoms with Crippen molar-refractivity contribution in [3.05, 3.63) is 24.3 Å². The van der Waals surface area contributed by atoms with E-state index >= 15 is 0 Å². The van der Waals surface area contributed by atoms with Crippen LogP contribution >= 0.6 is 0 Å². The fraction of sp³-hybridized carbons (Fsp3) is 0.650. The van der Waals surface area contributed by atoms with Crippen LogP contribution in [-0.4, -0.2) is 70.0 Å². The molecule has 10 heteroatoms. The van der Waals surface area contributed by atoms with Gasteiger partial charge in [-0.1, -0.05) is 0 Å².